The van der Waals surface area contributed by atoms with E-state index in [4.69, 9.17) is 0 Å². The molecule has 1 atom stereocenters. The monoisotopic (exact) mass is 331 g/mol. The molecule has 128 valence electrons. The molecule has 8 nitrogen and oxygen atoms in total. The average Bonchev–Trinajstić information content (AvgIpc) is 3.14. The van der Waals surface area contributed by atoms with Gasteiger partial charge in [-0.25, -0.2) is 4.79 Å². The third-order valence-electron chi connectivity index (χ3n) is 4.59. The van der Waals surface area contributed by atoms with Gasteiger partial charge in [0.15, 0.2) is 0 Å². The lowest BCUT2D eigenvalue weighted by Gasteiger charge is -2.19. The molecule has 0 radical (unpaired) electrons. The third-order valence-corrected chi connectivity index (χ3v) is 4.59. The van der Waals surface area contributed by atoms with Gasteiger partial charge in [-0.05, 0) is 26.3 Å². The van der Waals surface area contributed by atoms with Gasteiger partial charge in [0.2, 0.25) is 0 Å². The minimum Gasteiger partial charge on any atom is -0.335 e. The fourth-order valence-corrected chi connectivity index (χ4v) is 3.24. The summed E-state index contributed by atoms with van der Waals surface area (Å²) in [6, 6.07) is 3.35. The van der Waals surface area contributed by atoms with E-state index in [2.05, 4.69) is 5.10 Å². The molecule has 1 fully saturated rings. The Morgan fingerprint density at radius 3 is 2.50 bits per heavy atom. The van der Waals surface area contributed by atoms with Crippen LogP contribution in [0.4, 0.5) is 0 Å². The number of likely N-dealkylation sites (tertiary alicyclic amines) is 1. The van der Waals surface area contributed by atoms with Crippen molar-refractivity contribution in [2.45, 2.75) is 26.3 Å². The Kier molecular flexibility index (Phi) is 3.90. The van der Waals surface area contributed by atoms with Gasteiger partial charge in [0.25, 0.3) is 11.5 Å². The fourth-order valence-electron chi connectivity index (χ4n) is 3.24. The lowest BCUT2D eigenvalue weighted by molar-refractivity contribution is 0.0775. The molecule has 1 saturated heterocycles. The fraction of sp³-hybridized carbons (Fsp3) is 0.500. The van der Waals surface area contributed by atoms with Crippen LogP contribution in [0, 0.1) is 13.8 Å². The second-order valence-electron chi connectivity index (χ2n) is 6.33. The number of nitrogens with zero attached hydrogens (tertiary/aromatic N) is 5. The molecule has 0 aliphatic carbocycles. The number of rotatable bonds is 2. The molecule has 0 aromatic carbocycles. The van der Waals surface area contributed by atoms with Crippen LogP contribution in [-0.4, -0.2) is 42.8 Å². The first-order chi connectivity index (χ1) is 11.3. The van der Waals surface area contributed by atoms with Crippen molar-refractivity contribution in [3.63, 3.8) is 0 Å². The molecule has 0 saturated carbocycles. The van der Waals surface area contributed by atoms with Crippen molar-refractivity contribution in [2.24, 2.45) is 14.1 Å². The highest BCUT2D eigenvalue weighted by Crippen LogP contribution is 2.24. The molecule has 24 heavy (non-hydrogen) atoms. The summed E-state index contributed by atoms with van der Waals surface area (Å²) in [4.78, 5) is 38.2. The maximum atomic E-state index is 12.7. The Hall–Kier alpha value is -2.64. The largest absolute Gasteiger partial charge is 0.335 e. The Morgan fingerprint density at radius 1 is 1.17 bits per heavy atom. The molecule has 3 heterocycles. The highest BCUT2D eigenvalue weighted by Gasteiger charge is 2.30. The van der Waals surface area contributed by atoms with E-state index in [1.54, 1.807) is 4.90 Å². The van der Waals surface area contributed by atoms with Gasteiger partial charge >= 0.3 is 5.69 Å². The molecule has 0 N–H and O–H groups in total. The van der Waals surface area contributed by atoms with Crippen molar-refractivity contribution < 1.29 is 4.79 Å². The molecule has 0 unspecified atom stereocenters. The summed E-state index contributed by atoms with van der Waals surface area (Å²) in [5.41, 5.74) is 1.16. The second-order valence-corrected chi connectivity index (χ2v) is 6.33. The number of amides is 1. The van der Waals surface area contributed by atoms with Crippen LogP contribution in [-0.2, 0) is 14.1 Å². The van der Waals surface area contributed by atoms with Crippen LogP contribution >= 0.6 is 0 Å². The summed E-state index contributed by atoms with van der Waals surface area (Å²) < 4.78 is 4.16. The highest BCUT2D eigenvalue weighted by molar-refractivity contribution is 5.92. The maximum absolute atomic E-state index is 12.7. The van der Waals surface area contributed by atoms with E-state index in [-0.39, 0.29) is 17.6 Å². The SMILES string of the molecule is Cc1cc(C)n([C@@H]2CCN(C(=O)c3cc(=O)n(C)c(=O)n3C)C2)n1. The molecule has 2 aromatic heterocycles. The van der Waals surface area contributed by atoms with Gasteiger partial charge in [0, 0.05) is 38.9 Å². The zero-order valence-electron chi connectivity index (χ0n) is 14.3. The third kappa shape index (κ3) is 2.57. The molecule has 0 spiro atoms. The van der Waals surface area contributed by atoms with Crippen molar-refractivity contribution in [1.29, 1.82) is 0 Å². The van der Waals surface area contributed by atoms with Crippen LogP contribution < -0.4 is 11.2 Å². The summed E-state index contributed by atoms with van der Waals surface area (Å²) in [5.74, 6) is -0.295. The molecule has 1 aliphatic heterocycles. The number of hydrogen-bond donors (Lipinski definition) is 0. The van der Waals surface area contributed by atoms with Crippen LogP contribution in [0.5, 0.6) is 0 Å². The topological polar surface area (TPSA) is 82.1 Å². The molecule has 3 rings (SSSR count). The average molecular weight is 331 g/mol. The van der Waals surface area contributed by atoms with E-state index in [9.17, 15) is 14.4 Å². The van der Waals surface area contributed by atoms with Gasteiger partial charge in [-0.2, -0.15) is 5.10 Å². The normalized spacial score (nSPS) is 17.5. The van der Waals surface area contributed by atoms with Crippen LogP contribution in [0.2, 0.25) is 0 Å². The summed E-state index contributed by atoms with van der Waals surface area (Å²) in [5, 5.41) is 4.49. The molecule has 0 bridgehead atoms. The molecular formula is C16H21N5O3. The van der Waals surface area contributed by atoms with E-state index >= 15 is 0 Å². The van der Waals surface area contributed by atoms with Crippen molar-refractivity contribution in [3.05, 3.63) is 50.1 Å². The van der Waals surface area contributed by atoms with E-state index in [1.165, 1.54) is 24.7 Å². The van der Waals surface area contributed by atoms with Crippen LogP contribution in [0.3, 0.4) is 0 Å². The smallest absolute Gasteiger partial charge is 0.331 e. The van der Waals surface area contributed by atoms with Crippen molar-refractivity contribution >= 4 is 5.91 Å². The lowest BCUT2D eigenvalue weighted by atomic mass is 10.2. The first-order valence-corrected chi connectivity index (χ1v) is 7.88. The van der Waals surface area contributed by atoms with Gasteiger partial charge in [0.05, 0.1) is 11.7 Å². The molecular weight excluding hydrogens is 310 g/mol. The first-order valence-electron chi connectivity index (χ1n) is 7.88. The number of aromatic nitrogens is 4. The number of carbonyl (C=O) groups excluding carboxylic acids is 1. The predicted octanol–water partition coefficient (Wildman–Crippen LogP) is -0.0155. The van der Waals surface area contributed by atoms with Gasteiger partial charge in [-0.1, -0.05) is 0 Å². The van der Waals surface area contributed by atoms with Gasteiger partial charge in [0.1, 0.15) is 5.69 Å². The Morgan fingerprint density at radius 2 is 1.88 bits per heavy atom. The minimum atomic E-state index is -0.500. The van der Waals surface area contributed by atoms with Crippen LogP contribution in [0.15, 0.2) is 21.7 Å². The lowest BCUT2D eigenvalue weighted by Crippen LogP contribution is -2.42. The Bertz CT molecular complexity index is 921. The van der Waals surface area contributed by atoms with E-state index in [0.29, 0.717) is 13.1 Å². The quantitative estimate of drug-likeness (QED) is 0.775. The number of hydrogen-bond acceptors (Lipinski definition) is 4. The van der Waals surface area contributed by atoms with Crippen LogP contribution in [0.25, 0.3) is 0 Å². The Balaban J connectivity index is 1.87. The zero-order chi connectivity index (χ0) is 17.6. The van der Waals surface area contributed by atoms with E-state index in [0.717, 1.165) is 22.4 Å². The van der Waals surface area contributed by atoms with E-state index < -0.39 is 11.2 Å². The summed E-state index contributed by atoms with van der Waals surface area (Å²) >= 11 is 0. The predicted molar refractivity (Wildman–Crippen MR) is 88.2 cm³/mol. The van der Waals surface area contributed by atoms with Crippen molar-refractivity contribution in [2.75, 3.05) is 13.1 Å². The number of carbonyl (C=O) groups is 1. The van der Waals surface area contributed by atoms with Gasteiger partial charge in [-0.3, -0.25) is 23.4 Å². The molecule has 1 amide bonds. The summed E-state index contributed by atoms with van der Waals surface area (Å²) in [6.45, 7) is 5.03. The van der Waals surface area contributed by atoms with Gasteiger partial charge < -0.3 is 4.90 Å². The standard InChI is InChI=1S/C16H21N5O3/c1-10-7-11(2)21(17-10)12-5-6-20(9-12)15(23)13-8-14(22)19(4)16(24)18(13)3/h7-8,12H,5-6,9H2,1-4H3/t12-/m1/s1. The Labute approximate surface area is 138 Å². The van der Waals surface area contributed by atoms with Crippen molar-refractivity contribution in [3.8, 4) is 0 Å². The van der Waals surface area contributed by atoms with Gasteiger partial charge in [-0.15, -0.1) is 0 Å². The summed E-state index contributed by atoms with van der Waals surface area (Å²) in [6.07, 6.45) is 0.798. The second kappa shape index (κ2) is 5.77. The number of aryl methyl sites for hydroxylation is 2. The molecule has 2 aromatic rings. The molecule has 1 aliphatic rings. The molecule has 8 heteroatoms. The van der Waals surface area contributed by atoms with Crippen molar-refractivity contribution in [1.82, 2.24) is 23.8 Å². The first kappa shape index (κ1) is 16.2. The maximum Gasteiger partial charge on any atom is 0.331 e. The van der Waals surface area contributed by atoms with Crippen LogP contribution in [0.1, 0.15) is 34.3 Å². The summed E-state index contributed by atoms with van der Waals surface area (Å²) in [7, 11) is 2.90. The van der Waals surface area contributed by atoms with E-state index in [1.807, 2.05) is 24.6 Å². The minimum absolute atomic E-state index is 0.117. The highest BCUT2D eigenvalue weighted by atomic mass is 16.2. The zero-order valence-corrected chi connectivity index (χ0v) is 14.3.